The molecule has 0 fully saturated rings. The lowest BCUT2D eigenvalue weighted by Crippen LogP contribution is -2.33. The average Bonchev–Trinajstić information content (AvgIpc) is 1.97. The van der Waals surface area contributed by atoms with Crippen LogP contribution in [0.5, 0.6) is 0 Å². The van der Waals surface area contributed by atoms with E-state index in [-0.39, 0.29) is 25.2 Å². The van der Waals surface area contributed by atoms with Crippen molar-refractivity contribution in [1.29, 1.82) is 0 Å². The number of carbonyl (C=O) groups excluding carboxylic acids is 1. The maximum absolute atomic E-state index is 10.4. The highest BCUT2D eigenvalue weighted by Crippen LogP contribution is 1.82. The van der Waals surface area contributed by atoms with E-state index in [2.05, 4.69) is 15.0 Å². The van der Waals surface area contributed by atoms with Gasteiger partial charge in [-0.15, -0.1) is 0 Å². The largest absolute Gasteiger partial charge is 0.441 e. The number of nitrogens with zero attached hydrogens (tertiary/aromatic N) is 1. The summed E-state index contributed by atoms with van der Waals surface area (Å²) in [6, 6.07) is 0. The van der Waals surface area contributed by atoms with Crippen molar-refractivity contribution < 1.29 is 9.53 Å². The fraction of sp³-hybridized carbons (Fsp3) is 0.500. The Balaban J connectivity index is 2.48. The molecular formula is C4H7N3O2. The lowest BCUT2D eigenvalue weighted by Gasteiger charge is -1.95. The van der Waals surface area contributed by atoms with Gasteiger partial charge in [0.05, 0.1) is 0 Å². The van der Waals surface area contributed by atoms with Crippen molar-refractivity contribution in [2.75, 3.05) is 13.3 Å². The predicted octanol–water partition coefficient (Wildman–Crippen LogP) is -1.60. The number of guanidine groups is 1. The van der Waals surface area contributed by atoms with E-state index < -0.39 is 0 Å². The molecule has 0 saturated carbocycles. The summed E-state index contributed by atoms with van der Waals surface area (Å²) >= 11 is 0. The molecule has 1 rings (SSSR count). The smallest absolute Gasteiger partial charge is 0.327 e. The molecule has 5 heteroatoms. The minimum atomic E-state index is -0.334. The normalized spacial score (nSPS) is 19.1. The predicted molar refractivity (Wildman–Crippen MR) is 30.6 cm³/mol. The number of esters is 1. The molecule has 0 aromatic carbocycles. The molecule has 0 spiro atoms. The number of cyclic esters (lactones) is 1. The zero-order valence-electron chi connectivity index (χ0n) is 4.76. The number of nitrogens with one attached hydrogen (secondary N) is 1. The van der Waals surface area contributed by atoms with Crippen molar-refractivity contribution in [3.63, 3.8) is 0 Å². The highest BCUT2D eigenvalue weighted by molar-refractivity contribution is 5.84. The Bertz CT molecular complexity index is 154. The second-order valence-electron chi connectivity index (χ2n) is 1.54. The van der Waals surface area contributed by atoms with Crippen LogP contribution in [0.15, 0.2) is 4.99 Å². The highest BCUT2D eigenvalue weighted by Gasteiger charge is 2.05. The number of ether oxygens (including phenoxy) is 1. The molecule has 0 saturated heterocycles. The lowest BCUT2D eigenvalue weighted by atomic mass is 10.6. The minimum Gasteiger partial charge on any atom is -0.441 e. The first-order valence-electron chi connectivity index (χ1n) is 2.48. The Morgan fingerprint density at radius 3 is 3.33 bits per heavy atom. The summed E-state index contributed by atoms with van der Waals surface area (Å²) in [4.78, 5) is 14.0. The molecule has 0 unspecified atom stereocenters. The summed E-state index contributed by atoms with van der Waals surface area (Å²) in [5.41, 5.74) is 5.20. The van der Waals surface area contributed by atoms with Crippen LogP contribution in [0.3, 0.4) is 0 Å². The number of hydrogen-bond donors (Lipinski definition) is 2. The second kappa shape index (κ2) is 2.34. The van der Waals surface area contributed by atoms with Crippen LogP contribution >= 0.6 is 0 Å². The minimum absolute atomic E-state index is 0.0255. The Labute approximate surface area is 51.9 Å². The van der Waals surface area contributed by atoms with E-state index in [0.717, 1.165) is 0 Å². The molecule has 5 nitrogen and oxygen atoms in total. The summed E-state index contributed by atoms with van der Waals surface area (Å²) in [5.74, 6) is -0.0833. The summed E-state index contributed by atoms with van der Waals surface area (Å²) < 4.78 is 4.50. The molecule has 1 aliphatic heterocycles. The van der Waals surface area contributed by atoms with Crippen molar-refractivity contribution in [2.24, 2.45) is 10.7 Å². The number of carbonyl (C=O) groups is 1. The van der Waals surface area contributed by atoms with Crippen LogP contribution in [0.2, 0.25) is 0 Å². The quantitative estimate of drug-likeness (QED) is 0.386. The second-order valence-corrected chi connectivity index (χ2v) is 1.54. The van der Waals surface area contributed by atoms with Crippen molar-refractivity contribution >= 4 is 11.9 Å². The molecule has 3 N–H and O–H groups in total. The van der Waals surface area contributed by atoms with Gasteiger partial charge in [0.2, 0.25) is 0 Å². The summed E-state index contributed by atoms with van der Waals surface area (Å²) in [7, 11) is 0. The van der Waals surface area contributed by atoms with Gasteiger partial charge in [0.25, 0.3) is 0 Å². The monoisotopic (exact) mass is 129 g/mol. The first kappa shape index (κ1) is 5.87. The van der Waals surface area contributed by atoms with E-state index >= 15 is 0 Å². The third kappa shape index (κ3) is 1.60. The number of aliphatic imine (C=N–C) groups is 1. The zero-order chi connectivity index (χ0) is 6.69. The van der Waals surface area contributed by atoms with Crippen LogP contribution in [0.1, 0.15) is 0 Å². The maximum Gasteiger partial charge on any atom is 0.327 e. The molecule has 0 atom stereocenters. The molecule has 0 aromatic heterocycles. The first-order valence-corrected chi connectivity index (χ1v) is 2.48. The SMILES string of the molecule is NC1=NCOC(=O)CN1. The Hall–Kier alpha value is -1.26. The number of rotatable bonds is 0. The molecule has 0 bridgehead atoms. The van der Waals surface area contributed by atoms with E-state index in [1.54, 1.807) is 0 Å². The molecule has 1 heterocycles. The van der Waals surface area contributed by atoms with Gasteiger partial charge in [-0.2, -0.15) is 0 Å². The third-order valence-electron chi connectivity index (χ3n) is 0.874. The van der Waals surface area contributed by atoms with Gasteiger partial charge in [0.1, 0.15) is 6.54 Å². The van der Waals surface area contributed by atoms with Crippen molar-refractivity contribution in [3.8, 4) is 0 Å². The van der Waals surface area contributed by atoms with Crippen LogP contribution < -0.4 is 11.1 Å². The van der Waals surface area contributed by atoms with Gasteiger partial charge in [-0.1, -0.05) is 0 Å². The molecule has 1 aliphatic rings. The summed E-state index contributed by atoms with van der Waals surface area (Å²) in [6.07, 6.45) is 0. The summed E-state index contributed by atoms with van der Waals surface area (Å²) in [5, 5.41) is 2.55. The lowest BCUT2D eigenvalue weighted by molar-refractivity contribution is -0.141. The van der Waals surface area contributed by atoms with E-state index in [0.29, 0.717) is 0 Å². The standard InChI is InChI=1S/C4H7N3O2/c5-4-6-1-3(8)9-2-7-4/h1-2H2,(H3,5,6,7). The molecule has 0 amide bonds. The van der Waals surface area contributed by atoms with Gasteiger partial charge in [0, 0.05) is 0 Å². The molecule has 0 aromatic rings. The van der Waals surface area contributed by atoms with Gasteiger partial charge >= 0.3 is 5.97 Å². The van der Waals surface area contributed by atoms with Gasteiger partial charge in [0.15, 0.2) is 12.7 Å². The Morgan fingerprint density at radius 2 is 2.56 bits per heavy atom. The Kier molecular flexibility index (Phi) is 1.53. The molecule has 0 aliphatic carbocycles. The fourth-order valence-corrected chi connectivity index (χ4v) is 0.443. The molecular weight excluding hydrogens is 122 g/mol. The fourth-order valence-electron chi connectivity index (χ4n) is 0.443. The van der Waals surface area contributed by atoms with Gasteiger partial charge in [-0.3, -0.25) is 4.79 Å². The van der Waals surface area contributed by atoms with E-state index in [4.69, 9.17) is 5.73 Å². The van der Waals surface area contributed by atoms with E-state index in [9.17, 15) is 4.79 Å². The number of hydrogen-bond acceptors (Lipinski definition) is 5. The topological polar surface area (TPSA) is 76.7 Å². The van der Waals surface area contributed by atoms with Gasteiger partial charge < -0.3 is 15.8 Å². The van der Waals surface area contributed by atoms with Crippen molar-refractivity contribution in [2.45, 2.75) is 0 Å². The maximum atomic E-state index is 10.4. The molecule has 50 valence electrons. The van der Waals surface area contributed by atoms with Crippen molar-refractivity contribution in [1.82, 2.24) is 5.32 Å². The molecule has 9 heavy (non-hydrogen) atoms. The van der Waals surface area contributed by atoms with E-state index in [1.165, 1.54) is 0 Å². The van der Waals surface area contributed by atoms with Crippen LogP contribution in [-0.2, 0) is 9.53 Å². The molecule has 0 radical (unpaired) electrons. The first-order chi connectivity index (χ1) is 4.29. The van der Waals surface area contributed by atoms with Gasteiger partial charge in [-0.25, -0.2) is 4.99 Å². The number of nitrogens with two attached hydrogens (primary N) is 1. The van der Waals surface area contributed by atoms with Crippen LogP contribution in [0, 0.1) is 0 Å². The summed E-state index contributed by atoms with van der Waals surface area (Å²) in [6.45, 7) is 0.132. The van der Waals surface area contributed by atoms with Gasteiger partial charge in [-0.05, 0) is 0 Å². The van der Waals surface area contributed by atoms with E-state index in [1.807, 2.05) is 0 Å². The van der Waals surface area contributed by atoms with Crippen LogP contribution in [-0.4, -0.2) is 25.2 Å². The average molecular weight is 129 g/mol. The van der Waals surface area contributed by atoms with Crippen molar-refractivity contribution in [3.05, 3.63) is 0 Å². The van der Waals surface area contributed by atoms with Crippen LogP contribution in [0.4, 0.5) is 0 Å². The third-order valence-corrected chi connectivity index (χ3v) is 0.874. The van der Waals surface area contributed by atoms with Crippen LogP contribution in [0.25, 0.3) is 0 Å². The zero-order valence-corrected chi connectivity index (χ0v) is 4.76. The highest BCUT2D eigenvalue weighted by atomic mass is 16.5. The Morgan fingerprint density at radius 1 is 1.78 bits per heavy atom.